The Morgan fingerprint density at radius 3 is 2.03 bits per heavy atom. The maximum absolute atomic E-state index is 11.5. The molecule has 1 N–H and O–H groups in total. The lowest BCUT2D eigenvalue weighted by atomic mass is 9.90. The maximum atomic E-state index is 11.5. The van der Waals surface area contributed by atoms with E-state index in [1.165, 1.54) is 23.6 Å². The monoisotopic (exact) mass is 508 g/mol. The smallest absolute Gasteiger partial charge is 0.221 e. The number of ether oxygens (including phenoxy) is 2. The van der Waals surface area contributed by atoms with Crippen LogP contribution in [0.3, 0.4) is 0 Å². The fourth-order valence-corrected chi connectivity index (χ4v) is 4.56. The van der Waals surface area contributed by atoms with Gasteiger partial charge in [0.1, 0.15) is 18.1 Å². The van der Waals surface area contributed by atoms with Gasteiger partial charge in [0, 0.05) is 43.7 Å². The lowest BCUT2D eigenvalue weighted by Gasteiger charge is -2.33. The third kappa shape index (κ3) is 7.70. The molecule has 0 spiro atoms. The number of hydrogen-bond acceptors (Lipinski definition) is 4. The summed E-state index contributed by atoms with van der Waals surface area (Å²) in [5.41, 5.74) is 4.51. The summed E-state index contributed by atoms with van der Waals surface area (Å²) in [7, 11) is 1.69. The van der Waals surface area contributed by atoms with E-state index in [4.69, 9.17) is 9.47 Å². The number of nitrogens with one attached hydrogen (secondary N) is 1. The molecule has 0 aliphatic carbocycles. The van der Waals surface area contributed by atoms with Crippen LogP contribution in [0.4, 0.5) is 5.69 Å². The van der Waals surface area contributed by atoms with E-state index in [0.29, 0.717) is 6.61 Å². The SMILES string of the molecule is COc1ccc(CN(CC(c2ccccc2)c2ccccc2)C(C)COc2cccc(NC(C)=O)c2)cc1. The summed E-state index contributed by atoms with van der Waals surface area (Å²) in [6.45, 7) is 5.82. The molecule has 1 unspecified atom stereocenters. The van der Waals surface area contributed by atoms with Crippen LogP contribution < -0.4 is 14.8 Å². The van der Waals surface area contributed by atoms with Crippen LogP contribution in [0.5, 0.6) is 11.5 Å². The number of anilines is 1. The van der Waals surface area contributed by atoms with Crippen molar-refractivity contribution < 1.29 is 14.3 Å². The zero-order valence-corrected chi connectivity index (χ0v) is 22.3. The van der Waals surface area contributed by atoms with E-state index in [9.17, 15) is 4.79 Å². The Balaban J connectivity index is 1.57. The number of nitrogens with zero attached hydrogens (tertiary/aromatic N) is 1. The minimum absolute atomic E-state index is 0.103. The number of carbonyl (C=O) groups excluding carboxylic acids is 1. The normalized spacial score (nSPS) is 11.8. The second-order valence-corrected chi connectivity index (χ2v) is 9.52. The van der Waals surface area contributed by atoms with Crippen molar-refractivity contribution in [3.05, 3.63) is 126 Å². The summed E-state index contributed by atoms with van der Waals surface area (Å²) in [6, 6.07) is 37.3. The minimum Gasteiger partial charge on any atom is -0.497 e. The van der Waals surface area contributed by atoms with E-state index in [-0.39, 0.29) is 17.9 Å². The Morgan fingerprint density at radius 2 is 1.45 bits per heavy atom. The van der Waals surface area contributed by atoms with Gasteiger partial charge in [-0.25, -0.2) is 0 Å². The fraction of sp³-hybridized carbons (Fsp3) is 0.242. The first-order valence-corrected chi connectivity index (χ1v) is 13.0. The van der Waals surface area contributed by atoms with Crippen molar-refractivity contribution in [1.82, 2.24) is 4.90 Å². The van der Waals surface area contributed by atoms with Crippen LogP contribution in [0.2, 0.25) is 0 Å². The van der Waals surface area contributed by atoms with Crippen LogP contribution in [0.15, 0.2) is 109 Å². The standard InChI is InChI=1S/C33H36N2O3/c1-25(24-38-32-16-10-15-30(21-32)34-26(2)36)35(22-27-17-19-31(37-3)20-18-27)23-33(28-11-6-4-7-12-28)29-13-8-5-9-14-29/h4-21,25,33H,22-24H2,1-3H3,(H,34,36). The highest BCUT2D eigenvalue weighted by molar-refractivity contribution is 5.88. The summed E-state index contributed by atoms with van der Waals surface area (Å²) in [5.74, 6) is 1.69. The van der Waals surface area contributed by atoms with E-state index < -0.39 is 0 Å². The minimum atomic E-state index is -0.103. The largest absolute Gasteiger partial charge is 0.497 e. The Hall–Kier alpha value is -4.09. The number of carbonyl (C=O) groups is 1. The molecule has 0 aliphatic heterocycles. The molecule has 5 heteroatoms. The quantitative estimate of drug-likeness (QED) is 0.230. The Morgan fingerprint density at radius 1 is 0.816 bits per heavy atom. The van der Waals surface area contributed by atoms with Gasteiger partial charge in [-0.05, 0) is 47.9 Å². The van der Waals surface area contributed by atoms with Gasteiger partial charge in [0.15, 0.2) is 0 Å². The van der Waals surface area contributed by atoms with Gasteiger partial charge in [-0.3, -0.25) is 9.69 Å². The molecule has 0 saturated heterocycles. The molecule has 0 bridgehead atoms. The lowest BCUT2D eigenvalue weighted by Crippen LogP contribution is -2.39. The van der Waals surface area contributed by atoms with Crippen molar-refractivity contribution in [2.75, 3.05) is 25.6 Å². The highest BCUT2D eigenvalue weighted by atomic mass is 16.5. The molecular weight excluding hydrogens is 472 g/mol. The number of methoxy groups -OCH3 is 1. The molecule has 5 nitrogen and oxygen atoms in total. The van der Waals surface area contributed by atoms with Crippen LogP contribution >= 0.6 is 0 Å². The van der Waals surface area contributed by atoms with Crippen LogP contribution in [0, 0.1) is 0 Å². The molecule has 4 aromatic carbocycles. The van der Waals surface area contributed by atoms with Crippen molar-refractivity contribution in [2.45, 2.75) is 32.4 Å². The summed E-state index contributed by atoms with van der Waals surface area (Å²) in [6.07, 6.45) is 0. The van der Waals surface area contributed by atoms with Gasteiger partial charge in [-0.1, -0.05) is 78.9 Å². The highest BCUT2D eigenvalue weighted by Crippen LogP contribution is 2.28. The van der Waals surface area contributed by atoms with E-state index in [0.717, 1.165) is 30.3 Å². The average molecular weight is 509 g/mol. The summed E-state index contributed by atoms with van der Waals surface area (Å²) < 4.78 is 11.6. The van der Waals surface area contributed by atoms with Crippen LogP contribution in [-0.2, 0) is 11.3 Å². The molecule has 1 amide bonds. The van der Waals surface area contributed by atoms with Gasteiger partial charge in [0.2, 0.25) is 5.91 Å². The zero-order chi connectivity index (χ0) is 26.7. The van der Waals surface area contributed by atoms with Crippen LogP contribution in [-0.4, -0.2) is 37.1 Å². The molecule has 0 fully saturated rings. The summed E-state index contributed by atoms with van der Waals surface area (Å²) in [4.78, 5) is 13.9. The lowest BCUT2D eigenvalue weighted by molar-refractivity contribution is -0.114. The predicted octanol–water partition coefficient (Wildman–Crippen LogP) is 6.76. The maximum Gasteiger partial charge on any atom is 0.221 e. The molecule has 4 rings (SSSR count). The molecule has 0 radical (unpaired) electrons. The molecule has 4 aromatic rings. The first kappa shape index (κ1) is 27.0. The van der Waals surface area contributed by atoms with Crippen molar-refractivity contribution in [3.8, 4) is 11.5 Å². The highest BCUT2D eigenvalue weighted by Gasteiger charge is 2.23. The van der Waals surface area contributed by atoms with E-state index in [1.807, 2.05) is 36.4 Å². The Labute approximate surface area is 226 Å². The van der Waals surface area contributed by atoms with E-state index in [2.05, 4.69) is 89.9 Å². The molecular formula is C33H36N2O3. The fourth-order valence-electron chi connectivity index (χ4n) is 4.56. The van der Waals surface area contributed by atoms with Crippen molar-refractivity contribution in [2.24, 2.45) is 0 Å². The zero-order valence-electron chi connectivity index (χ0n) is 22.3. The van der Waals surface area contributed by atoms with E-state index in [1.54, 1.807) is 7.11 Å². The summed E-state index contributed by atoms with van der Waals surface area (Å²) in [5, 5.41) is 2.82. The molecule has 38 heavy (non-hydrogen) atoms. The molecule has 0 saturated carbocycles. The van der Waals surface area contributed by atoms with Gasteiger partial charge in [0.25, 0.3) is 0 Å². The molecule has 0 aromatic heterocycles. The van der Waals surface area contributed by atoms with Crippen molar-refractivity contribution in [3.63, 3.8) is 0 Å². The average Bonchev–Trinajstić information content (AvgIpc) is 2.95. The van der Waals surface area contributed by atoms with Crippen molar-refractivity contribution in [1.29, 1.82) is 0 Å². The topological polar surface area (TPSA) is 50.8 Å². The van der Waals surface area contributed by atoms with Crippen molar-refractivity contribution >= 4 is 11.6 Å². The Kier molecular flexibility index (Phi) is 9.54. The van der Waals surface area contributed by atoms with Gasteiger partial charge in [0.05, 0.1) is 7.11 Å². The second kappa shape index (κ2) is 13.5. The van der Waals surface area contributed by atoms with Gasteiger partial charge in [-0.15, -0.1) is 0 Å². The van der Waals surface area contributed by atoms with Gasteiger partial charge >= 0.3 is 0 Å². The van der Waals surface area contributed by atoms with Crippen LogP contribution in [0.25, 0.3) is 0 Å². The van der Waals surface area contributed by atoms with E-state index >= 15 is 0 Å². The predicted molar refractivity (Wildman–Crippen MR) is 154 cm³/mol. The molecule has 196 valence electrons. The number of amides is 1. The first-order valence-electron chi connectivity index (χ1n) is 13.0. The molecule has 0 aliphatic rings. The molecule has 0 heterocycles. The third-order valence-electron chi connectivity index (χ3n) is 6.63. The Bertz CT molecular complexity index is 1240. The summed E-state index contributed by atoms with van der Waals surface area (Å²) >= 11 is 0. The number of benzene rings is 4. The number of rotatable bonds is 12. The molecule has 1 atom stereocenters. The number of hydrogen-bond donors (Lipinski definition) is 1. The first-order chi connectivity index (χ1) is 18.5. The van der Waals surface area contributed by atoms with Gasteiger partial charge < -0.3 is 14.8 Å². The second-order valence-electron chi connectivity index (χ2n) is 9.52. The van der Waals surface area contributed by atoms with Gasteiger partial charge in [-0.2, -0.15) is 0 Å². The van der Waals surface area contributed by atoms with Crippen LogP contribution in [0.1, 0.15) is 36.5 Å². The third-order valence-corrected chi connectivity index (χ3v) is 6.63.